The van der Waals surface area contributed by atoms with Gasteiger partial charge < -0.3 is 29.7 Å². The van der Waals surface area contributed by atoms with E-state index in [0.717, 1.165) is 32.1 Å². The molecule has 0 aliphatic heterocycles. The van der Waals surface area contributed by atoms with Crippen LogP contribution < -0.4 is 5.32 Å². The molecular weight excluding hydrogens is 426 g/mol. The average Bonchev–Trinajstić information content (AvgIpc) is 2.81. The number of carbonyl (C=O) groups excluding carboxylic acids is 2. The maximum atomic E-state index is 11.8. The van der Waals surface area contributed by atoms with Crippen LogP contribution in [-0.4, -0.2) is 61.2 Å². The molecule has 8 nitrogen and oxygen atoms in total. The van der Waals surface area contributed by atoms with Gasteiger partial charge in [-0.3, -0.25) is 4.79 Å². The van der Waals surface area contributed by atoms with Gasteiger partial charge in [0.05, 0.1) is 18.8 Å². The highest BCUT2D eigenvalue weighted by atomic mass is 16.6. The molecule has 4 aliphatic carbocycles. The van der Waals surface area contributed by atoms with Gasteiger partial charge in [-0.1, -0.05) is 30.3 Å². The fourth-order valence-electron chi connectivity index (χ4n) is 6.35. The Labute approximate surface area is 193 Å². The first-order valence-corrected chi connectivity index (χ1v) is 11.6. The van der Waals surface area contributed by atoms with E-state index in [2.05, 4.69) is 5.32 Å². The first-order chi connectivity index (χ1) is 16.0. The minimum Gasteiger partial charge on any atom is -0.393 e. The van der Waals surface area contributed by atoms with Crippen LogP contribution in [-0.2, 0) is 23.8 Å². The molecule has 0 heterocycles. The summed E-state index contributed by atoms with van der Waals surface area (Å²) in [4.78, 5) is 22.9. The van der Waals surface area contributed by atoms with Crippen molar-refractivity contribution in [3.63, 3.8) is 0 Å². The van der Waals surface area contributed by atoms with Gasteiger partial charge in [-0.25, -0.2) is 4.79 Å². The quantitative estimate of drug-likeness (QED) is 0.187. The van der Waals surface area contributed by atoms with E-state index in [1.54, 1.807) is 5.94 Å². The zero-order chi connectivity index (χ0) is 23.4. The molecule has 0 spiro atoms. The minimum atomic E-state index is -1.10. The SMILES string of the molecule is COCC(=O)C(=C=O)NCOCC(OC(O)c1ccccc1)C12CC3CC(C1)C(O)C(C3)C2. The lowest BCUT2D eigenvalue weighted by molar-refractivity contribution is -0.239. The number of ketones is 1. The zero-order valence-electron chi connectivity index (χ0n) is 18.9. The summed E-state index contributed by atoms with van der Waals surface area (Å²) in [5, 5.41) is 24.1. The van der Waals surface area contributed by atoms with Gasteiger partial charge in [-0.2, -0.15) is 0 Å². The summed E-state index contributed by atoms with van der Waals surface area (Å²) < 4.78 is 16.8. The molecule has 4 fully saturated rings. The molecule has 33 heavy (non-hydrogen) atoms. The molecule has 0 aromatic heterocycles. The molecule has 4 atom stereocenters. The molecule has 5 rings (SSSR count). The van der Waals surface area contributed by atoms with E-state index in [1.165, 1.54) is 7.11 Å². The number of methoxy groups -OCH3 is 1. The number of benzene rings is 1. The third-order valence-corrected chi connectivity index (χ3v) is 7.61. The topological polar surface area (TPSA) is 114 Å². The van der Waals surface area contributed by atoms with E-state index < -0.39 is 18.2 Å². The molecule has 0 saturated heterocycles. The van der Waals surface area contributed by atoms with Crippen LogP contribution in [0.2, 0.25) is 0 Å². The fraction of sp³-hybridized carbons (Fsp3) is 0.640. The fourth-order valence-corrected chi connectivity index (χ4v) is 6.35. The van der Waals surface area contributed by atoms with Gasteiger partial charge in [0, 0.05) is 12.7 Å². The predicted octanol–water partition coefficient (Wildman–Crippen LogP) is 1.74. The molecule has 1 aromatic rings. The van der Waals surface area contributed by atoms with Gasteiger partial charge in [-0.15, -0.1) is 0 Å². The highest BCUT2D eigenvalue weighted by molar-refractivity contribution is 6.02. The Hall–Kier alpha value is -2.06. The molecule has 4 bridgehead atoms. The van der Waals surface area contributed by atoms with Crippen LogP contribution in [0, 0.1) is 23.2 Å². The third kappa shape index (κ3) is 5.22. The highest BCUT2D eigenvalue weighted by Gasteiger charge is 2.58. The molecule has 3 N–H and O–H groups in total. The normalized spacial score (nSPS) is 31.6. The summed E-state index contributed by atoms with van der Waals surface area (Å²) >= 11 is 0. The number of nitrogens with one attached hydrogen (secondary N) is 1. The molecule has 4 unspecified atom stereocenters. The average molecular weight is 460 g/mol. The van der Waals surface area contributed by atoms with Crippen molar-refractivity contribution < 1.29 is 34.0 Å². The summed E-state index contributed by atoms with van der Waals surface area (Å²) in [6, 6.07) is 9.21. The van der Waals surface area contributed by atoms with Crippen molar-refractivity contribution in [1.29, 1.82) is 0 Å². The van der Waals surface area contributed by atoms with Gasteiger partial charge in [0.15, 0.2) is 17.9 Å². The number of aliphatic hydroxyl groups is 2. The largest absolute Gasteiger partial charge is 0.393 e. The van der Waals surface area contributed by atoms with Crippen molar-refractivity contribution in [2.24, 2.45) is 23.2 Å². The number of Topliss-reactive ketones (excluding diaryl/α,β-unsaturated/α-hetero) is 1. The molecule has 180 valence electrons. The maximum absolute atomic E-state index is 11.8. The second kappa shape index (κ2) is 10.5. The molecule has 1 aromatic carbocycles. The van der Waals surface area contributed by atoms with Crippen LogP contribution in [0.4, 0.5) is 0 Å². The number of rotatable bonds is 12. The summed E-state index contributed by atoms with van der Waals surface area (Å²) in [5.74, 6) is 2.15. The van der Waals surface area contributed by atoms with E-state index in [4.69, 9.17) is 14.2 Å². The van der Waals surface area contributed by atoms with E-state index in [0.29, 0.717) is 11.5 Å². The van der Waals surface area contributed by atoms with Crippen molar-refractivity contribution in [2.45, 2.75) is 50.6 Å². The van der Waals surface area contributed by atoms with Gasteiger partial charge in [0.25, 0.3) is 0 Å². The lowest BCUT2D eigenvalue weighted by Gasteiger charge is -2.60. The van der Waals surface area contributed by atoms with Crippen molar-refractivity contribution in [2.75, 3.05) is 27.1 Å². The number of hydrogen-bond acceptors (Lipinski definition) is 8. The van der Waals surface area contributed by atoms with E-state index >= 15 is 0 Å². The highest BCUT2D eigenvalue weighted by Crippen LogP contribution is 2.62. The van der Waals surface area contributed by atoms with E-state index in [-0.39, 0.29) is 49.0 Å². The Kier molecular flexibility index (Phi) is 7.64. The second-order valence-electron chi connectivity index (χ2n) is 9.74. The first kappa shape index (κ1) is 24.1. The van der Waals surface area contributed by atoms with Crippen LogP contribution in [0.15, 0.2) is 36.0 Å². The van der Waals surface area contributed by atoms with Gasteiger partial charge >= 0.3 is 0 Å². The Balaban J connectivity index is 1.44. The van der Waals surface area contributed by atoms with Crippen LogP contribution in [0.1, 0.15) is 44.0 Å². The van der Waals surface area contributed by atoms with E-state index in [9.17, 15) is 19.8 Å². The van der Waals surface area contributed by atoms with Gasteiger partial charge in [0.2, 0.25) is 5.78 Å². The third-order valence-electron chi connectivity index (χ3n) is 7.61. The minimum absolute atomic E-state index is 0.0731. The summed E-state index contributed by atoms with van der Waals surface area (Å²) in [7, 11) is 1.37. The molecular formula is C25H33NO7. The van der Waals surface area contributed by atoms with E-state index in [1.807, 2.05) is 30.3 Å². The van der Waals surface area contributed by atoms with Gasteiger partial charge in [-0.05, 0) is 55.3 Å². The Morgan fingerprint density at radius 2 is 1.91 bits per heavy atom. The summed E-state index contributed by atoms with van der Waals surface area (Å²) in [5.41, 5.74) is 0.263. The smallest absolute Gasteiger partial charge is 0.215 e. The van der Waals surface area contributed by atoms with Crippen LogP contribution in [0.5, 0.6) is 0 Å². The molecule has 4 aliphatic rings. The summed E-state index contributed by atoms with van der Waals surface area (Å²) in [6.45, 7) is -0.109. The second-order valence-corrected chi connectivity index (χ2v) is 9.74. The monoisotopic (exact) mass is 459 g/mol. The van der Waals surface area contributed by atoms with Gasteiger partial charge in [0.1, 0.15) is 13.3 Å². The Bertz CT molecular complexity index is 853. The van der Waals surface area contributed by atoms with Crippen LogP contribution >= 0.6 is 0 Å². The van der Waals surface area contributed by atoms with Crippen molar-refractivity contribution >= 4 is 11.7 Å². The standard InChI is InChI=1S/C25H33NO7/c1-31-13-21(28)20(12-27)26-15-32-14-22(33-24(30)17-5-3-2-4-6-17)25-9-16-7-18(10-25)23(29)19(8-16)11-25/h2-6,16,18-19,22-24,26,29-30H,7-11,13-15H2,1H3. The molecule has 0 radical (unpaired) electrons. The number of hydrogen-bond donors (Lipinski definition) is 3. The van der Waals surface area contributed by atoms with Crippen molar-refractivity contribution in [3.05, 3.63) is 41.6 Å². The summed E-state index contributed by atoms with van der Waals surface area (Å²) in [6.07, 6.45) is 3.01. The van der Waals surface area contributed by atoms with Crippen molar-refractivity contribution in [3.8, 4) is 0 Å². The lowest BCUT2D eigenvalue weighted by Crippen LogP contribution is -2.58. The maximum Gasteiger partial charge on any atom is 0.215 e. The Morgan fingerprint density at radius 3 is 2.55 bits per heavy atom. The molecule has 0 amide bonds. The molecule has 8 heteroatoms. The van der Waals surface area contributed by atoms with Crippen LogP contribution in [0.3, 0.4) is 0 Å². The van der Waals surface area contributed by atoms with Crippen LogP contribution in [0.25, 0.3) is 0 Å². The Morgan fingerprint density at radius 1 is 1.21 bits per heavy atom. The number of ether oxygens (including phenoxy) is 3. The lowest BCUT2D eigenvalue weighted by atomic mass is 9.47. The predicted molar refractivity (Wildman–Crippen MR) is 118 cm³/mol. The first-order valence-electron chi connectivity index (χ1n) is 11.6. The number of aliphatic hydroxyl groups excluding tert-OH is 2. The molecule has 4 saturated carbocycles. The number of carbonyl (C=O) groups is 1. The van der Waals surface area contributed by atoms with Crippen molar-refractivity contribution in [1.82, 2.24) is 5.32 Å². The zero-order valence-corrected chi connectivity index (χ0v) is 18.9.